The number of hydrogen-bond acceptors (Lipinski definition) is 5. The summed E-state index contributed by atoms with van der Waals surface area (Å²) in [5, 5.41) is 12.3. The van der Waals surface area contributed by atoms with Gasteiger partial charge in [-0.25, -0.2) is 4.98 Å². The molecule has 0 amide bonds. The van der Waals surface area contributed by atoms with Crippen molar-refractivity contribution >= 4 is 22.7 Å². The smallest absolute Gasteiger partial charge is 0.0968 e. The number of hydrogen-bond donors (Lipinski definition) is 1. The van der Waals surface area contributed by atoms with Gasteiger partial charge in [-0.1, -0.05) is 24.3 Å². The number of aliphatic hydroxyl groups is 1. The second-order valence-corrected chi connectivity index (χ2v) is 6.26. The van der Waals surface area contributed by atoms with Crippen LogP contribution >= 0.6 is 11.8 Å². The van der Waals surface area contributed by atoms with Gasteiger partial charge in [0.05, 0.1) is 29.9 Å². The normalized spacial score (nSPS) is 18.0. The average molecular weight is 304 g/mol. The van der Waals surface area contributed by atoms with E-state index in [0.717, 1.165) is 42.2 Å². The minimum atomic E-state index is -0.332. The van der Waals surface area contributed by atoms with Crippen molar-refractivity contribution in [3.8, 4) is 0 Å². The van der Waals surface area contributed by atoms with Crippen molar-refractivity contribution in [2.45, 2.75) is 11.1 Å². The van der Waals surface area contributed by atoms with Crippen LogP contribution in [0.3, 0.4) is 0 Å². The van der Waals surface area contributed by atoms with Gasteiger partial charge in [-0.2, -0.15) is 0 Å². The number of morpholine rings is 1. The highest BCUT2D eigenvalue weighted by molar-refractivity contribution is 7.99. The molecule has 1 N–H and O–H groups in total. The van der Waals surface area contributed by atoms with Crippen LogP contribution in [0.1, 0.15) is 0 Å². The van der Waals surface area contributed by atoms with E-state index in [9.17, 15) is 5.11 Å². The lowest BCUT2D eigenvalue weighted by atomic mass is 10.2. The Bertz CT molecular complexity index is 587. The third-order valence-corrected chi connectivity index (χ3v) is 4.64. The van der Waals surface area contributed by atoms with Crippen LogP contribution in [0, 0.1) is 0 Å². The number of β-amino-alcohol motifs (C(OH)–C–C–N with tert-alkyl or cyclic N) is 1. The second-order valence-electron chi connectivity index (χ2n) is 5.22. The van der Waals surface area contributed by atoms with Gasteiger partial charge in [-0.05, 0) is 12.1 Å². The van der Waals surface area contributed by atoms with E-state index in [1.54, 1.807) is 11.8 Å². The number of nitrogens with zero attached hydrogens (tertiary/aromatic N) is 2. The number of ether oxygens (including phenoxy) is 1. The summed E-state index contributed by atoms with van der Waals surface area (Å²) in [6.45, 7) is 4.08. The fourth-order valence-corrected chi connectivity index (χ4v) is 3.24. The maximum absolute atomic E-state index is 10.1. The van der Waals surface area contributed by atoms with Gasteiger partial charge >= 0.3 is 0 Å². The Morgan fingerprint density at radius 1 is 1.19 bits per heavy atom. The minimum Gasteiger partial charge on any atom is -0.391 e. The lowest BCUT2D eigenvalue weighted by molar-refractivity contribution is 0.0188. The van der Waals surface area contributed by atoms with Crippen molar-refractivity contribution in [2.75, 3.05) is 38.6 Å². The standard InChI is InChI=1S/C16H20N2O2S/c19-14(11-18-7-9-20-10-8-18)12-21-16-6-5-13-3-1-2-4-15(13)17-16/h1-6,14,19H,7-12H2. The van der Waals surface area contributed by atoms with E-state index < -0.39 is 0 Å². The van der Waals surface area contributed by atoms with E-state index in [-0.39, 0.29) is 6.10 Å². The Labute approximate surface area is 129 Å². The molecule has 0 aliphatic carbocycles. The summed E-state index contributed by atoms with van der Waals surface area (Å²) < 4.78 is 5.31. The molecule has 1 atom stereocenters. The first-order chi connectivity index (χ1) is 10.3. The molecule has 3 rings (SSSR count). The second kappa shape index (κ2) is 7.22. The molecule has 1 aliphatic heterocycles. The number of aliphatic hydroxyl groups excluding tert-OH is 1. The minimum absolute atomic E-state index is 0.332. The molecular formula is C16H20N2O2S. The molecule has 1 aromatic carbocycles. The summed E-state index contributed by atoms with van der Waals surface area (Å²) in [5.74, 6) is 0.669. The third kappa shape index (κ3) is 4.17. The van der Waals surface area contributed by atoms with Crippen LogP contribution in [-0.4, -0.2) is 59.7 Å². The van der Waals surface area contributed by atoms with Crippen LogP contribution in [0.5, 0.6) is 0 Å². The number of para-hydroxylation sites is 1. The van der Waals surface area contributed by atoms with Gasteiger partial charge in [-0.3, -0.25) is 4.90 Å². The number of pyridine rings is 1. The number of fused-ring (bicyclic) bond motifs is 1. The molecule has 5 heteroatoms. The zero-order valence-electron chi connectivity index (χ0n) is 11.9. The van der Waals surface area contributed by atoms with Crippen molar-refractivity contribution in [3.05, 3.63) is 36.4 Å². The predicted molar refractivity (Wildman–Crippen MR) is 85.7 cm³/mol. The molecule has 1 saturated heterocycles. The van der Waals surface area contributed by atoms with Crippen molar-refractivity contribution in [1.29, 1.82) is 0 Å². The SMILES string of the molecule is OC(CSc1ccc2ccccc2n1)CN1CCOCC1. The molecule has 1 fully saturated rings. The number of rotatable bonds is 5. The Hall–Kier alpha value is -1.14. The van der Waals surface area contributed by atoms with Crippen LogP contribution in [-0.2, 0) is 4.74 Å². The van der Waals surface area contributed by atoms with Crippen molar-refractivity contribution in [2.24, 2.45) is 0 Å². The summed E-state index contributed by atoms with van der Waals surface area (Å²) in [4.78, 5) is 6.86. The number of aromatic nitrogens is 1. The predicted octanol–water partition coefficient (Wildman–Crippen LogP) is 2.02. The first-order valence-corrected chi connectivity index (χ1v) is 8.26. The molecular weight excluding hydrogens is 284 g/mol. The highest BCUT2D eigenvalue weighted by Gasteiger charge is 2.15. The summed E-state index contributed by atoms with van der Waals surface area (Å²) in [6.07, 6.45) is -0.332. The monoisotopic (exact) mass is 304 g/mol. The lowest BCUT2D eigenvalue weighted by Gasteiger charge is -2.28. The Kier molecular flexibility index (Phi) is 5.08. The van der Waals surface area contributed by atoms with E-state index in [4.69, 9.17) is 4.74 Å². The fraction of sp³-hybridized carbons (Fsp3) is 0.438. The van der Waals surface area contributed by atoms with Crippen molar-refractivity contribution < 1.29 is 9.84 Å². The van der Waals surface area contributed by atoms with Gasteiger partial charge in [0.15, 0.2) is 0 Å². The topological polar surface area (TPSA) is 45.6 Å². The van der Waals surface area contributed by atoms with Gasteiger partial charge in [0.1, 0.15) is 0 Å². The molecule has 1 aliphatic rings. The quantitative estimate of drug-likeness (QED) is 0.856. The first-order valence-electron chi connectivity index (χ1n) is 7.28. The van der Waals surface area contributed by atoms with E-state index >= 15 is 0 Å². The van der Waals surface area contributed by atoms with E-state index in [2.05, 4.69) is 22.0 Å². The Balaban J connectivity index is 1.53. The summed E-state index contributed by atoms with van der Waals surface area (Å²) in [6, 6.07) is 12.2. The van der Waals surface area contributed by atoms with E-state index in [1.165, 1.54) is 0 Å². The maximum atomic E-state index is 10.1. The molecule has 2 aromatic rings. The number of thioether (sulfide) groups is 1. The zero-order chi connectivity index (χ0) is 14.5. The zero-order valence-corrected chi connectivity index (χ0v) is 12.8. The van der Waals surface area contributed by atoms with Gasteiger partial charge < -0.3 is 9.84 Å². The average Bonchev–Trinajstić information content (AvgIpc) is 2.54. The third-order valence-electron chi connectivity index (χ3n) is 3.57. The molecule has 1 aromatic heterocycles. The molecule has 0 spiro atoms. The molecule has 0 saturated carbocycles. The fourth-order valence-electron chi connectivity index (χ4n) is 2.44. The Morgan fingerprint density at radius 3 is 2.86 bits per heavy atom. The summed E-state index contributed by atoms with van der Waals surface area (Å²) >= 11 is 1.61. The van der Waals surface area contributed by atoms with Crippen LogP contribution in [0.25, 0.3) is 10.9 Å². The van der Waals surface area contributed by atoms with Crippen LogP contribution in [0.15, 0.2) is 41.4 Å². The van der Waals surface area contributed by atoms with Gasteiger partial charge in [0.2, 0.25) is 0 Å². The van der Waals surface area contributed by atoms with Crippen LogP contribution < -0.4 is 0 Å². The largest absolute Gasteiger partial charge is 0.391 e. The van der Waals surface area contributed by atoms with Gasteiger partial charge in [-0.15, -0.1) is 11.8 Å². The molecule has 2 heterocycles. The first kappa shape index (κ1) is 14.8. The molecule has 1 unspecified atom stereocenters. The summed E-state index contributed by atoms with van der Waals surface area (Å²) in [7, 11) is 0. The van der Waals surface area contributed by atoms with Crippen LogP contribution in [0.4, 0.5) is 0 Å². The maximum Gasteiger partial charge on any atom is 0.0968 e. The number of benzene rings is 1. The molecule has 21 heavy (non-hydrogen) atoms. The Morgan fingerprint density at radius 2 is 2.00 bits per heavy atom. The molecule has 4 nitrogen and oxygen atoms in total. The molecule has 0 radical (unpaired) electrons. The molecule has 112 valence electrons. The van der Waals surface area contributed by atoms with E-state index in [1.807, 2.05) is 24.3 Å². The highest BCUT2D eigenvalue weighted by Crippen LogP contribution is 2.20. The van der Waals surface area contributed by atoms with Gasteiger partial charge in [0, 0.05) is 30.8 Å². The van der Waals surface area contributed by atoms with E-state index in [0.29, 0.717) is 12.3 Å². The van der Waals surface area contributed by atoms with Gasteiger partial charge in [0.25, 0.3) is 0 Å². The summed E-state index contributed by atoms with van der Waals surface area (Å²) in [5.41, 5.74) is 1.00. The van der Waals surface area contributed by atoms with Crippen LogP contribution in [0.2, 0.25) is 0 Å². The molecule has 0 bridgehead atoms. The lowest BCUT2D eigenvalue weighted by Crippen LogP contribution is -2.41. The van der Waals surface area contributed by atoms with Crippen molar-refractivity contribution in [3.63, 3.8) is 0 Å². The van der Waals surface area contributed by atoms with Crippen molar-refractivity contribution in [1.82, 2.24) is 9.88 Å². The highest BCUT2D eigenvalue weighted by atomic mass is 32.2.